The van der Waals surface area contributed by atoms with Gasteiger partial charge in [-0.3, -0.25) is 0 Å². The fourth-order valence-corrected chi connectivity index (χ4v) is 3.36. The SMILES string of the molecule is C=C/C(OC)=C(\C=C/C)c1nnc2n1N=C(c1ccc(C)cc1)CS2. The van der Waals surface area contributed by atoms with Gasteiger partial charge in [-0.15, -0.1) is 10.2 Å². The predicted molar refractivity (Wildman–Crippen MR) is 103 cm³/mol. The van der Waals surface area contributed by atoms with Gasteiger partial charge >= 0.3 is 0 Å². The van der Waals surface area contributed by atoms with Crippen LogP contribution in [-0.2, 0) is 4.74 Å². The van der Waals surface area contributed by atoms with Crippen LogP contribution in [0.2, 0.25) is 0 Å². The zero-order valence-corrected chi connectivity index (χ0v) is 15.4. The van der Waals surface area contributed by atoms with Crippen molar-refractivity contribution >= 4 is 23.0 Å². The summed E-state index contributed by atoms with van der Waals surface area (Å²) in [6, 6.07) is 8.38. The Hall–Kier alpha value is -2.60. The lowest BCUT2D eigenvalue weighted by atomic mass is 10.1. The van der Waals surface area contributed by atoms with Crippen LogP contribution in [0.25, 0.3) is 5.57 Å². The molecule has 0 saturated heterocycles. The first kappa shape index (κ1) is 17.2. The molecule has 6 heteroatoms. The molecule has 1 aliphatic rings. The Labute approximate surface area is 151 Å². The standard InChI is InChI=1S/C19H20N4OS/c1-5-7-15(17(6-2)24-4)18-20-21-19-23(18)22-16(12-25-19)14-10-8-13(3)9-11-14/h5-11H,2,12H2,1,3-4H3/b7-5-,17-15-. The molecule has 1 aliphatic heterocycles. The molecule has 1 aromatic carbocycles. The van der Waals surface area contributed by atoms with E-state index in [1.54, 1.807) is 29.6 Å². The zero-order valence-electron chi connectivity index (χ0n) is 14.6. The number of allylic oxidation sites excluding steroid dienone is 4. The molecule has 3 rings (SSSR count). The average Bonchev–Trinajstić information content (AvgIpc) is 3.05. The van der Waals surface area contributed by atoms with E-state index >= 15 is 0 Å². The molecular weight excluding hydrogens is 332 g/mol. The lowest BCUT2D eigenvalue weighted by Gasteiger charge is -2.15. The van der Waals surface area contributed by atoms with E-state index in [2.05, 4.69) is 48.0 Å². The lowest BCUT2D eigenvalue weighted by molar-refractivity contribution is 0.309. The van der Waals surface area contributed by atoms with Gasteiger partial charge in [0.15, 0.2) is 5.82 Å². The molecule has 2 aromatic rings. The second-order valence-corrected chi connectivity index (χ2v) is 6.45. The first-order chi connectivity index (χ1) is 12.2. The van der Waals surface area contributed by atoms with Gasteiger partial charge < -0.3 is 4.74 Å². The van der Waals surface area contributed by atoms with E-state index in [0.29, 0.717) is 11.6 Å². The maximum atomic E-state index is 5.43. The summed E-state index contributed by atoms with van der Waals surface area (Å²) >= 11 is 1.62. The second-order valence-electron chi connectivity index (χ2n) is 5.51. The number of ether oxygens (including phenoxy) is 1. The number of methoxy groups -OCH3 is 1. The summed E-state index contributed by atoms with van der Waals surface area (Å²) in [4.78, 5) is 0. The number of aromatic nitrogens is 3. The van der Waals surface area contributed by atoms with Crippen molar-refractivity contribution in [1.29, 1.82) is 0 Å². The van der Waals surface area contributed by atoms with Gasteiger partial charge in [-0.1, -0.05) is 60.3 Å². The lowest BCUT2D eigenvalue weighted by Crippen LogP contribution is -2.14. The van der Waals surface area contributed by atoms with Crippen molar-refractivity contribution in [2.75, 3.05) is 12.9 Å². The quantitative estimate of drug-likeness (QED) is 0.601. The highest BCUT2D eigenvalue weighted by atomic mass is 32.2. The zero-order chi connectivity index (χ0) is 17.8. The third-order valence-electron chi connectivity index (χ3n) is 3.80. The number of hydrogen-bond donors (Lipinski definition) is 0. The molecule has 128 valence electrons. The van der Waals surface area contributed by atoms with Crippen molar-refractivity contribution in [3.05, 3.63) is 71.8 Å². The van der Waals surface area contributed by atoms with Crippen molar-refractivity contribution in [2.24, 2.45) is 5.10 Å². The van der Waals surface area contributed by atoms with Crippen LogP contribution < -0.4 is 0 Å². The highest BCUT2D eigenvalue weighted by molar-refractivity contribution is 7.99. The van der Waals surface area contributed by atoms with Crippen molar-refractivity contribution in [3.8, 4) is 0 Å². The Morgan fingerprint density at radius 1 is 1.28 bits per heavy atom. The molecule has 0 aliphatic carbocycles. The molecule has 0 N–H and O–H groups in total. The van der Waals surface area contributed by atoms with Crippen LogP contribution in [0.1, 0.15) is 23.9 Å². The van der Waals surface area contributed by atoms with E-state index in [1.165, 1.54) is 5.56 Å². The summed E-state index contributed by atoms with van der Waals surface area (Å²) in [6.07, 6.45) is 5.52. The molecule has 0 unspecified atom stereocenters. The Morgan fingerprint density at radius 3 is 2.68 bits per heavy atom. The normalized spacial score (nSPS) is 14.8. The maximum Gasteiger partial charge on any atom is 0.212 e. The van der Waals surface area contributed by atoms with E-state index in [4.69, 9.17) is 9.84 Å². The Bertz CT molecular complexity index is 875. The van der Waals surface area contributed by atoms with Crippen LogP contribution in [0.5, 0.6) is 0 Å². The molecule has 0 spiro atoms. The van der Waals surface area contributed by atoms with Crippen LogP contribution in [0.4, 0.5) is 0 Å². The third-order valence-corrected chi connectivity index (χ3v) is 4.73. The molecule has 0 radical (unpaired) electrons. The molecular formula is C19H20N4OS. The van der Waals surface area contributed by atoms with Crippen LogP contribution in [0, 0.1) is 6.92 Å². The molecule has 2 heterocycles. The molecule has 25 heavy (non-hydrogen) atoms. The van der Waals surface area contributed by atoms with E-state index < -0.39 is 0 Å². The number of aryl methyl sites for hydroxylation is 1. The average molecular weight is 352 g/mol. The minimum atomic E-state index is 0.635. The summed E-state index contributed by atoms with van der Waals surface area (Å²) in [7, 11) is 1.61. The smallest absolute Gasteiger partial charge is 0.212 e. The summed E-state index contributed by atoms with van der Waals surface area (Å²) in [5, 5.41) is 14.1. The van der Waals surface area contributed by atoms with E-state index in [9.17, 15) is 0 Å². The number of benzene rings is 1. The van der Waals surface area contributed by atoms with Crippen LogP contribution in [-0.4, -0.2) is 33.4 Å². The largest absolute Gasteiger partial charge is 0.496 e. The van der Waals surface area contributed by atoms with Crippen molar-refractivity contribution < 1.29 is 4.74 Å². The second kappa shape index (κ2) is 7.53. The summed E-state index contributed by atoms with van der Waals surface area (Å²) < 4.78 is 7.21. The fourth-order valence-electron chi connectivity index (χ4n) is 2.52. The predicted octanol–water partition coefficient (Wildman–Crippen LogP) is 4.06. The minimum Gasteiger partial charge on any atom is -0.496 e. The van der Waals surface area contributed by atoms with Crippen molar-refractivity contribution in [2.45, 2.75) is 19.0 Å². The first-order valence-electron chi connectivity index (χ1n) is 7.94. The molecule has 0 amide bonds. The van der Waals surface area contributed by atoms with E-state index in [-0.39, 0.29) is 0 Å². The van der Waals surface area contributed by atoms with Gasteiger partial charge in [0.25, 0.3) is 0 Å². The molecule has 0 saturated carbocycles. The van der Waals surface area contributed by atoms with E-state index in [0.717, 1.165) is 27.8 Å². The van der Waals surface area contributed by atoms with Crippen molar-refractivity contribution in [1.82, 2.24) is 14.9 Å². The number of hydrogen-bond acceptors (Lipinski definition) is 5. The van der Waals surface area contributed by atoms with Gasteiger partial charge in [-0.2, -0.15) is 9.78 Å². The van der Waals surface area contributed by atoms with E-state index in [1.807, 2.05) is 19.1 Å². The molecule has 0 fully saturated rings. The summed E-state index contributed by atoms with van der Waals surface area (Å²) in [6.45, 7) is 7.83. The van der Waals surface area contributed by atoms with Crippen LogP contribution >= 0.6 is 11.8 Å². The number of fused-ring (bicyclic) bond motifs is 1. The fraction of sp³-hybridized carbons (Fsp3) is 0.211. The number of nitrogens with zero attached hydrogens (tertiary/aromatic N) is 4. The third kappa shape index (κ3) is 3.44. The Balaban J connectivity index is 2.11. The Kier molecular flexibility index (Phi) is 5.19. The molecule has 5 nitrogen and oxygen atoms in total. The van der Waals surface area contributed by atoms with Gasteiger partial charge in [0.1, 0.15) is 5.76 Å². The van der Waals surface area contributed by atoms with Gasteiger partial charge in [0, 0.05) is 5.75 Å². The summed E-state index contributed by atoms with van der Waals surface area (Å²) in [5.41, 5.74) is 4.13. The van der Waals surface area contributed by atoms with Gasteiger partial charge in [-0.25, -0.2) is 0 Å². The molecule has 1 aromatic heterocycles. The highest BCUT2D eigenvalue weighted by Crippen LogP contribution is 2.29. The number of thioether (sulfide) groups is 1. The van der Waals surface area contributed by atoms with Gasteiger partial charge in [-0.05, 0) is 25.5 Å². The topological polar surface area (TPSA) is 52.3 Å². The first-order valence-corrected chi connectivity index (χ1v) is 8.93. The maximum absolute atomic E-state index is 5.43. The van der Waals surface area contributed by atoms with Gasteiger partial charge in [0.2, 0.25) is 5.16 Å². The number of rotatable bonds is 5. The Morgan fingerprint density at radius 2 is 2.04 bits per heavy atom. The van der Waals surface area contributed by atoms with Crippen LogP contribution in [0.15, 0.2) is 65.1 Å². The monoisotopic (exact) mass is 352 g/mol. The molecule has 0 atom stereocenters. The highest BCUT2D eigenvalue weighted by Gasteiger charge is 2.22. The minimum absolute atomic E-state index is 0.635. The van der Waals surface area contributed by atoms with Gasteiger partial charge in [0.05, 0.1) is 18.4 Å². The van der Waals surface area contributed by atoms with Crippen molar-refractivity contribution in [3.63, 3.8) is 0 Å². The van der Waals surface area contributed by atoms with Crippen LogP contribution in [0.3, 0.4) is 0 Å². The summed E-state index contributed by atoms with van der Waals surface area (Å²) in [5.74, 6) is 2.04. The molecule has 0 bridgehead atoms.